The van der Waals surface area contributed by atoms with Crippen LogP contribution in [0.4, 0.5) is 0 Å². The van der Waals surface area contributed by atoms with E-state index < -0.39 is 0 Å². The summed E-state index contributed by atoms with van der Waals surface area (Å²) in [5, 5.41) is 3.75. The van der Waals surface area contributed by atoms with Crippen molar-refractivity contribution in [1.29, 1.82) is 0 Å². The monoisotopic (exact) mass is 272 g/mol. The molecule has 0 amide bonds. The number of nitrogens with zero attached hydrogens (tertiary/aromatic N) is 1. The molecule has 2 nitrogen and oxygen atoms in total. The molecule has 3 heteroatoms. The zero-order valence-corrected chi connectivity index (χ0v) is 11.9. The van der Waals surface area contributed by atoms with E-state index in [1.165, 1.54) is 36.1 Å². The second-order valence-corrected chi connectivity index (χ2v) is 6.25. The van der Waals surface area contributed by atoms with Crippen LogP contribution in [0.15, 0.2) is 42.0 Å². The molecule has 0 saturated heterocycles. The summed E-state index contributed by atoms with van der Waals surface area (Å²) < 4.78 is 0. The van der Waals surface area contributed by atoms with E-state index in [9.17, 15) is 0 Å². The van der Waals surface area contributed by atoms with E-state index in [1.54, 1.807) is 11.3 Å². The number of benzene rings is 1. The van der Waals surface area contributed by atoms with Crippen LogP contribution in [0, 0.1) is 5.92 Å². The summed E-state index contributed by atoms with van der Waals surface area (Å²) in [4.78, 5) is 5.47. The van der Waals surface area contributed by atoms with Crippen LogP contribution in [-0.4, -0.2) is 4.98 Å². The fourth-order valence-electron chi connectivity index (χ4n) is 3.05. The summed E-state index contributed by atoms with van der Waals surface area (Å²) >= 11 is 1.73. The van der Waals surface area contributed by atoms with Gasteiger partial charge in [0.25, 0.3) is 0 Å². The van der Waals surface area contributed by atoms with Gasteiger partial charge in [0.05, 0.1) is 5.51 Å². The largest absolute Gasteiger partial charge is 0.305 e. The predicted molar refractivity (Wildman–Crippen MR) is 80.1 cm³/mol. The van der Waals surface area contributed by atoms with Crippen LogP contribution >= 0.6 is 11.3 Å². The van der Waals surface area contributed by atoms with E-state index in [1.807, 2.05) is 11.7 Å². The molecule has 1 aromatic carbocycles. The molecular weight excluding hydrogens is 252 g/mol. The lowest BCUT2D eigenvalue weighted by atomic mass is 9.91. The second kappa shape index (κ2) is 6.31. The third-order valence-electron chi connectivity index (χ3n) is 4.01. The topological polar surface area (TPSA) is 24.9 Å². The molecule has 1 N–H and O–H groups in total. The second-order valence-electron chi connectivity index (χ2n) is 5.28. The fraction of sp³-hybridized carbons (Fsp3) is 0.438. The predicted octanol–water partition coefficient (Wildman–Crippen LogP) is 4.16. The molecule has 1 aliphatic carbocycles. The number of hydrogen-bond donors (Lipinski definition) is 1. The van der Waals surface area contributed by atoms with Gasteiger partial charge in [0.1, 0.15) is 0 Å². The average Bonchev–Trinajstić information content (AvgIpc) is 3.13. The first kappa shape index (κ1) is 12.8. The van der Waals surface area contributed by atoms with Crippen LogP contribution in [0.3, 0.4) is 0 Å². The fourth-order valence-corrected chi connectivity index (χ4v) is 3.59. The van der Waals surface area contributed by atoms with Gasteiger partial charge < -0.3 is 5.32 Å². The van der Waals surface area contributed by atoms with Gasteiger partial charge in [0, 0.05) is 23.7 Å². The zero-order chi connectivity index (χ0) is 12.9. The number of hydrogen-bond acceptors (Lipinski definition) is 3. The van der Waals surface area contributed by atoms with Crippen molar-refractivity contribution in [3.8, 4) is 0 Å². The lowest BCUT2D eigenvalue weighted by Gasteiger charge is -2.25. The first-order valence-electron chi connectivity index (χ1n) is 7.09. The molecule has 0 bridgehead atoms. The minimum atomic E-state index is 0.491. The Kier molecular flexibility index (Phi) is 4.26. The van der Waals surface area contributed by atoms with Gasteiger partial charge in [-0.15, -0.1) is 11.3 Å². The van der Waals surface area contributed by atoms with E-state index in [-0.39, 0.29) is 0 Å². The maximum Gasteiger partial charge on any atom is 0.0794 e. The Bertz CT molecular complexity index is 475. The van der Waals surface area contributed by atoms with Crippen molar-refractivity contribution in [2.24, 2.45) is 5.92 Å². The highest BCUT2D eigenvalue weighted by Crippen LogP contribution is 2.35. The number of aromatic nitrogens is 1. The van der Waals surface area contributed by atoms with E-state index in [4.69, 9.17) is 0 Å². The molecule has 0 radical (unpaired) electrons. The van der Waals surface area contributed by atoms with Crippen molar-refractivity contribution in [3.63, 3.8) is 0 Å². The quantitative estimate of drug-likeness (QED) is 0.884. The first-order chi connectivity index (χ1) is 9.43. The number of rotatable bonds is 5. The van der Waals surface area contributed by atoms with Crippen LogP contribution in [0.2, 0.25) is 0 Å². The Morgan fingerprint density at radius 3 is 2.68 bits per heavy atom. The van der Waals surface area contributed by atoms with Crippen molar-refractivity contribution in [1.82, 2.24) is 10.3 Å². The molecule has 1 heterocycles. The summed E-state index contributed by atoms with van der Waals surface area (Å²) in [7, 11) is 0. The van der Waals surface area contributed by atoms with Gasteiger partial charge in [-0.3, -0.25) is 4.98 Å². The van der Waals surface area contributed by atoms with Gasteiger partial charge in [0.15, 0.2) is 0 Å². The van der Waals surface area contributed by atoms with Crippen LogP contribution < -0.4 is 5.32 Å². The van der Waals surface area contributed by atoms with Crippen molar-refractivity contribution in [2.75, 3.05) is 0 Å². The number of thiazole rings is 1. The van der Waals surface area contributed by atoms with Crippen LogP contribution in [0.1, 0.15) is 42.2 Å². The molecular formula is C16H20N2S. The molecule has 1 atom stereocenters. The normalized spacial score (nSPS) is 17.7. The Morgan fingerprint density at radius 2 is 2.00 bits per heavy atom. The highest BCUT2D eigenvalue weighted by atomic mass is 32.1. The van der Waals surface area contributed by atoms with E-state index >= 15 is 0 Å². The molecule has 1 fully saturated rings. The highest BCUT2D eigenvalue weighted by molar-refractivity contribution is 7.09. The minimum absolute atomic E-state index is 0.491. The molecule has 0 spiro atoms. The van der Waals surface area contributed by atoms with Crippen molar-refractivity contribution < 1.29 is 0 Å². The van der Waals surface area contributed by atoms with Gasteiger partial charge in [-0.2, -0.15) is 0 Å². The maximum atomic E-state index is 4.15. The summed E-state index contributed by atoms with van der Waals surface area (Å²) in [6.45, 7) is 0.931. The third-order valence-corrected chi connectivity index (χ3v) is 4.79. The molecule has 1 aliphatic rings. The summed E-state index contributed by atoms with van der Waals surface area (Å²) in [5.41, 5.74) is 3.34. The Morgan fingerprint density at radius 1 is 1.21 bits per heavy atom. The van der Waals surface area contributed by atoms with Crippen LogP contribution in [0.25, 0.3) is 0 Å². The van der Waals surface area contributed by atoms with Gasteiger partial charge in [-0.05, 0) is 24.3 Å². The van der Waals surface area contributed by atoms with E-state index in [2.05, 4.69) is 40.6 Å². The molecule has 0 aliphatic heterocycles. The summed E-state index contributed by atoms with van der Waals surface area (Å²) in [6.07, 6.45) is 7.45. The van der Waals surface area contributed by atoms with Crippen molar-refractivity contribution in [3.05, 3.63) is 52.5 Å². The third kappa shape index (κ3) is 3.23. The Balaban J connectivity index is 1.72. The van der Waals surface area contributed by atoms with Gasteiger partial charge in [-0.1, -0.05) is 43.2 Å². The SMILES string of the molecule is c1ccc([C@@H](NCc2cncs2)C2CCCC2)cc1. The van der Waals surface area contributed by atoms with Crippen molar-refractivity contribution in [2.45, 2.75) is 38.3 Å². The molecule has 3 rings (SSSR count). The van der Waals surface area contributed by atoms with Gasteiger partial charge >= 0.3 is 0 Å². The van der Waals surface area contributed by atoms with Crippen LogP contribution in [0.5, 0.6) is 0 Å². The highest BCUT2D eigenvalue weighted by Gasteiger charge is 2.25. The molecule has 1 aromatic heterocycles. The van der Waals surface area contributed by atoms with Crippen LogP contribution in [-0.2, 0) is 6.54 Å². The molecule has 19 heavy (non-hydrogen) atoms. The van der Waals surface area contributed by atoms with Crippen molar-refractivity contribution >= 4 is 11.3 Å². The lowest BCUT2D eigenvalue weighted by molar-refractivity contribution is 0.367. The lowest BCUT2D eigenvalue weighted by Crippen LogP contribution is -2.26. The van der Waals surface area contributed by atoms with E-state index in [0.29, 0.717) is 6.04 Å². The Hall–Kier alpha value is -1.19. The molecule has 2 aromatic rings. The number of nitrogens with one attached hydrogen (secondary N) is 1. The van der Waals surface area contributed by atoms with Gasteiger partial charge in [0.2, 0.25) is 0 Å². The standard InChI is InChI=1S/C16H20N2S/c1-2-6-13(7-3-1)16(14-8-4-5-9-14)18-11-15-10-17-12-19-15/h1-3,6-7,10,12,14,16,18H,4-5,8-9,11H2/t16-/m1/s1. The summed E-state index contributed by atoms with van der Waals surface area (Å²) in [5.74, 6) is 0.787. The molecule has 0 unspecified atom stereocenters. The smallest absolute Gasteiger partial charge is 0.0794 e. The first-order valence-corrected chi connectivity index (χ1v) is 7.97. The van der Waals surface area contributed by atoms with E-state index in [0.717, 1.165) is 12.5 Å². The average molecular weight is 272 g/mol. The summed E-state index contributed by atoms with van der Waals surface area (Å²) in [6, 6.07) is 11.4. The minimum Gasteiger partial charge on any atom is -0.305 e. The molecule has 1 saturated carbocycles. The molecule has 100 valence electrons. The zero-order valence-electron chi connectivity index (χ0n) is 11.1. The Labute approximate surface area is 118 Å². The maximum absolute atomic E-state index is 4.15. The van der Waals surface area contributed by atoms with Gasteiger partial charge in [-0.25, -0.2) is 0 Å².